The number of benzene rings is 1. The van der Waals surface area contributed by atoms with Crippen LogP contribution in [0.1, 0.15) is 23.4 Å². The molecule has 3 N–H and O–H groups in total. The molecule has 1 heterocycles. The van der Waals surface area contributed by atoms with Crippen LogP contribution in [0.15, 0.2) is 28.8 Å². The number of nitrogens with one attached hydrogen (secondary N) is 1. The van der Waals surface area contributed by atoms with Crippen molar-refractivity contribution in [1.82, 2.24) is 5.16 Å². The second kappa shape index (κ2) is 9.12. The third-order valence-electron chi connectivity index (χ3n) is 3.43. The number of primary amides is 1. The predicted molar refractivity (Wildman–Crippen MR) is 96.5 cm³/mol. The standard InChI is InChI=1S/C17H21N3O4S/c1-11-13(12(2)24-20-11)9-25-10-17(22)19-14-5-3-4-6-15(14)23-8-7-16(18)21/h3-6H,7-10H2,1-2H3,(H2,18,21)(H,19,22). The van der Waals surface area contributed by atoms with E-state index in [-0.39, 0.29) is 18.9 Å². The first-order chi connectivity index (χ1) is 12.0. The van der Waals surface area contributed by atoms with Gasteiger partial charge < -0.3 is 20.3 Å². The number of hydrogen-bond donors (Lipinski definition) is 2. The van der Waals surface area contributed by atoms with Crippen LogP contribution in [0.5, 0.6) is 5.75 Å². The van der Waals surface area contributed by atoms with Crippen LogP contribution < -0.4 is 15.8 Å². The lowest BCUT2D eigenvalue weighted by Gasteiger charge is -2.12. The normalized spacial score (nSPS) is 10.5. The molecule has 8 heteroatoms. The summed E-state index contributed by atoms with van der Waals surface area (Å²) in [5, 5.41) is 6.71. The number of nitrogens with two attached hydrogens (primary N) is 1. The SMILES string of the molecule is Cc1noc(C)c1CSCC(=O)Nc1ccccc1OCCC(N)=O. The first-order valence-electron chi connectivity index (χ1n) is 7.77. The molecule has 25 heavy (non-hydrogen) atoms. The number of ether oxygens (including phenoxy) is 1. The fraction of sp³-hybridized carbons (Fsp3) is 0.353. The van der Waals surface area contributed by atoms with Gasteiger partial charge in [0.25, 0.3) is 0 Å². The van der Waals surface area contributed by atoms with Crippen LogP contribution in [-0.4, -0.2) is 29.3 Å². The number of carbonyl (C=O) groups excluding carboxylic acids is 2. The summed E-state index contributed by atoms with van der Waals surface area (Å²) < 4.78 is 10.6. The number of aromatic nitrogens is 1. The van der Waals surface area contributed by atoms with Gasteiger partial charge in [-0.15, -0.1) is 11.8 Å². The van der Waals surface area contributed by atoms with E-state index in [9.17, 15) is 9.59 Å². The highest BCUT2D eigenvalue weighted by Crippen LogP contribution is 2.25. The summed E-state index contributed by atoms with van der Waals surface area (Å²) in [5.74, 6) is 1.66. The molecule has 0 saturated carbocycles. The molecule has 0 aliphatic carbocycles. The Balaban J connectivity index is 1.84. The highest BCUT2D eigenvalue weighted by molar-refractivity contribution is 7.99. The molecule has 0 atom stereocenters. The van der Waals surface area contributed by atoms with Gasteiger partial charge in [-0.05, 0) is 26.0 Å². The lowest BCUT2D eigenvalue weighted by molar-refractivity contribution is -0.118. The van der Waals surface area contributed by atoms with Gasteiger partial charge in [-0.2, -0.15) is 0 Å². The minimum absolute atomic E-state index is 0.121. The van der Waals surface area contributed by atoms with E-state index in [4.69, 9.17) is 15.0 Å². The number of para-hydroxylation sites is 2. The first kappa shape index (κ1) is 18.9. The highest BCUT2D eigenvalue weighted by atomic mass is 32.2. The summed E-state index contributed by atoms with van der Waals surface area (Å²) in [4.78, 5) is 22.9. The van der Waals surface area contributed by atoms with E-state index in [1.807, 2.05) is 13.8 Å². The topological polar surface area (TPSA) is 107 Å². The Hall–Kier alpha value is -2.48. The Bertz CT molecular complexity index is 726. The number of rotatable bonds is 9. The number of hydrogen-bond acceptors (Lipinski definition) is 6. The van der Waals surface area contributed by atoms with Gasteiger partial charge in [0.15, 0.2) is 0 Å². The molecular formula is C17H21N3O4S. The number of amides is 2. The van der Waals surface area contributed by atoms with Gasteiger partial charge in [0, 0.05) is 11.3 Å². The molecule has 0 radical (unpaired) electrons. The zero-order valence-electron chi connectivity index (χ0n) is 14.2. The van der Waals surface area contributed by atoms with Crippen LogP contribution in [-0.2, 0) is 15.3 Å². The van der Waals surface area contributed by atoms with Crippen LogP contribution >= 0.6 is 11.8 Å². The zero-order chi connectivity index (χ0) is 18.2. The summed E-state index contributed by atoms with van der Waals surface area (Å²) in [7, 11) is 0. The minimum atomic E-state index is -0.433. The molecule has 1 aromatic carbocycles. The molecular weight excluding hydrogens is 342 g/mol. The second-order valence-electron chi connectivity index (χ2n) is 5.40. The minimum Gasteiger partial charge on any atom is -0.491 e. The van der Waals surface area contributed by atoms with Crippen molar-refractivity contribution in [2.45, 2.75) is 26.0 Å². The number of anilines is 1. The zero-order valence-corrected chi connectivity index (χ0v) is 15.0. The number of nitrogens with zero attached hydrogens (tertiary/aromatic N) is 1. The monoisotopic (exact) mass is 363 g/mol. The second-order valence-corrected chi connectivity index (χ2v) is 6.39. The molecule has 0 aliphatic heterocycles. The van der Waals surface area contributed by atoms with E-state index in [0.717, 1.165) is 17.0 Å². The van der Waals surface area contributed by atoms with Crippen molar-refractivity contribution in [3.63, 3.8) is 0 Å². The number of carbonyl (C=O) groups is 2. The van der Waals surface area contributed by atoms with Crippen molar-refractivity contribution < 1.29 is 18.8 Å². The smallest absolute Gasteiger partial charge is 0.234 e. The lowest BCUT2D eigenvalue weighted by atomic mass is 10.2. The largest absolute Gasteiger partial charge is 0.491 e. The molecule has 0 aliphatic rings. The van der Waals surface area contributed by atoms with E-state index < -0.39 is 5.91 Å². The van der Waals surface area contributed by atoms with E-state index >= 15 is 0 Å². The van der Waals surface area contributed by atoms with Crippen molar-refractivity contribution in [1.29, 1.82) is 0 Å². The van der Waals surface area contributed by atoms with Gasteiger partial charge in [-0.25, -0.2) is 0 Å². The Kier molecular flexibility index (Phi) is 6.88. The molecule has 2 amide bonds. The van der Waals surface area contributed by atoms with Gasteiger partial charge in [0.1, 0.15) is 11.5 Å². The average Bonchev–Trinajstić information content (AvgIpc) is 2.88. The van der Waals surface area contributed by atoms with E-state index in [0.29, 0.717) is 22.9 Å². The molecule has 2 aromatic rings. The Morgan fingerprint density at radius 2 is 2.08 bits per heavy atom. The van der Waals surface area contributed by atoms with E-state index in [2.05, 4.69) is 10.5 Å². The van der Waals surface area contributed by atoms with Crippen LogP contribution in [0.2, 0.25) is 0 Å². The molecule has 0 saturated heterocycles. The van der Waals surface area contributed by atoms with Crippen molar-refractivity contribution in [3.05, 3.63) is 41.3 Å². The Morgan fingerprint density at radius 3 is 2.76 bits per heavy atom. The molecule has 2 rings (SSSR count). The third kappa shape index (κ3) is 5.82. The summed E-state index contributed by atoms with van der Waals surface area (Å²) in [5.41, 5.74) is 7.52. The maximum atomic E-state index is 12.1. The van der Waals surface area contributed by atoms with Crippen LogP contribution in [0.3, 0.4) is 0 Å². The Labute approximate surface area is 150 Å². The lowest BCUT2D eigenvalue weighted by Crippen LogP contribution is -2.17. The number of thioether (sulfide) groups is 1. The first-order valence-corrected chi connectivity index (χ1v) is 8.92. The third-order valence-corrected chi connectivity index (χ3v) is 4.39. The fourth-order valence-corrected chi connectivity index (χ4v) is 3.07. The van der Waals surface area contributed by atoms with Crippen LogP contribution in [0, 0.1) is 13.8 Å². The molecule has 0 fully saturated rings. The van der Waals surface area contributed by atoms with Gasteiger partial charge in [-0.1, -0.05) is 17.3 Å². The van der Waals surface area contributed by atoms with Gasteiger partial charge >= 0.3 is 0 Å². The van der Waals surface area contributed by atoms with Crippen molar-refractivity contribution in [3.8, 4) is 5.75 Å². The quantitative estimate of drug-likeness (QED) is 0.708. The van der Waals surface area contributed by atoms with Crippen molar-refractivity contribution in [2.75, 3.05) is 17.7 Å². The molecule has 1 aromatic heterocycles. The fourth-order valence-electron chi connectivity index (χ4n) is 2.10. The van der Waals surface area contributed by atoms with Gasteiger partial charge in [0.2, 0.25) is 11.8 Å². The molecule has 0 unspecified atom stereocenters. The van der Waals surface area contributed by atoms with Crippen LogP contribution in [0.25, 0.3) is 0 Å². The van der Waals surface area contributed by atoms with Crippen molar-refractivity contribution in [2.24, 2.45) is 5.73 Å². The molecule has 134 valence electrons. The molecule has 0 bridgehead atoms. The summed E-state index contributed by atoms with van der Waals surface area (Å²) in [6.45, 7) is 3.91. The van der Waals surface area contributed by atoms with Crippen molar-refractivity contribution >= 4 is 29.3 Å². The maximum Gasteiger partial charge on any atom is 0.234 e. The van der Waals surface area contributed by atoms with Gasteiger partial charge in [-0.3, -0.25) is 9.59 Å². The average molecular weight is 363 g/mol. The molecule has 7 nitrogen and oxygen atoms in total. The number of aryl methyl sites for hydroxylation is 2. The summed E-state index contributed by atoms with van der Waals surface area (Å²) in [6.07, 6.45) is 0.121. The Morgan fingerprint density at radius 1 is 1.32 bits per heavy atom. The maximum absolute atomic E-state index is 12.1. The van der Waals surface area contributed by atoms with E-state index in [1.165, 1.54) is 11.8 Å². The summed E-state index contributed by atoms with van der Waals surface area (Å²) in [6, 6.07) is 7.07. The van der Waals surface area contributed by atoms with Gasteiger partial charge in [0.05, 0.1) is 30.2 Å². The highest BCUT2D eigenvalue weighted by Gasteiger charge is 2.11. The van der Waals surface area contributed by atoms with Crippen LogP contribution in [0.4, 0.5) is 5.69 Å². The van der Waals surface area contributed by atoms with E-state index in [1.54, 1.807) is 24.3 Å². The predicted octanol–water partition coefficient (Wildman–Crippen LogP) is 2.42. The molecule has 0 spiro atoms. The summed E-state index contributed by atoms with van der Waals surface area (Å²) >= 11 is 1.48.